The molecule has 96 valence electrons. The maximum absolute atomic E-state index is 13.1. The molecular formula is C14H12FN3O. The molecule has 1 aromatic carbocycles. The minimum Gasteiger partial charge on any atom is -0.459 e. The third kappa shape index (κ3) is 2.20. The summed E-state index contributed by atoms with van der Waals surface area (Å²) in [5.74, 6) is 0.689. The summed E-state index contributed by atoms with van der Waals surface area (Å²) < 4.78 is 18.7. The molecule has 3 rings (SSSR count). The molecule has 0 spiro atoms. The average molecular weight is 257 g/mol. The highest BCUT2D eigenvalue weighted by Crippen LogP contribution is 2.25. The van der Waals surface area contributed by atoms with Gasteiger partial charge in [0.1, 0.15) is 23.2 Å². The zero-order chi connectivity index (χ0) is 13.4. The molecule has 3 aromatic rings. The molecule has 0 aliphatic carbocycles. The quantitative estimate of drug-likeness (QED) is 0.766. The molecule has 0 bridgehead atoms. The Morgan fingerprint density at radius 3 is 2.68 bits per heavy atom. The molecule has 0 aliphatic rings. The lowest BCUT2D eigenvalue weighted by atomic mass is 10.2. The molecule has 0 amide bonds. The molecular weight excluding hydrogens is 245 g/mol. The van der Waals surface area contributed by atoms with Crippen LogP contribution in [0.2, 0.25) is 0 Å². The van der Waals surface area contributed by atoms with Crippen LogP contribution in [0.15, 0.2) is 41.1 Å². The number of furan rings is 1. The van der Waals surface area contributed by atoms with Gasteiger partial charge in [0.2, 0.25) is 0 Å². The van der Waals surface area contributed by atoms with Crippen molar-refractivity contribution in [1.82, 2.24) is 9.97 Å². The van der Waals surface area contributed by atoms with Crippen molar-refractivity contribution in [3.05, 3.63) is 59.6 Å². The van der Waals surface area contributed by atoms with E-state index in [0.29, 0.717) is 22.6 Å². The molecule has 1 atom stereocenters. The van der Waals surface area contributed by atoms with Crippen LogP contribution in [-0.2, 0) is 0 Å². The van der Waals surface area contributed by atoms with Gasteiger partial charge in [0.15, 0.2) is 5.82 Å². The predicted octanol–water partition coefficient (Wildman–Crippen LogP) is 2.72. The van der Waals surface area contributed by atoms with E-state index in [9.17, 15) is 4.39 Å². The van der Waals surface area contributed by atoms with Gasteiger partial charge in [0.05, 0.1) is 0 Å². The summed E-state index contributed by atoms with van der Waals surface area (Å²) in [4.78, 5) is 8.34. The smallest absolute Gasteiger partial charge is 0.152 e. The number of nitrogens with two attached hydrogens (primary N) is 1. The molecule has 0 aliphatic heterocycles. The van der Waals surface area contributed by atoms with Crippen molar-refractivity contribution in [2.45, 2.75) is 13.0 Å². The zero-order valence-electron chi connectivity index (χ0n) is 10.3. The van der Waals surface area contributed by atoms with E-state index < -0.39 is 6.04 Å². The Kier molecular flexibility index (Phi) is 2.76. The number of rotatable bonds is 2. The van der Waals surface area contributed by atoms with Gasteiger partial charge in [-0.25, -0.2) is 14.4 Å². The number of aryl methyl sites for hydroxylation is 1. The normalized spacial score (nSPS) is 12.8. The Bertz CT molecular complexity index is 721. The average Bonchev–Trinajstić information content (AvgIpc) is 2.81. The molecule has 0 radical (unpaired) electrons. The zero-order valence-corrected chi connectivity index (χ0v) is 10.3. The highest BCUT2D eigenvalue weighted by molar-refractivity contribution is 5.78. The first-order chi connectivity index (χ1) is 9.13. The maximum atomic E-state index is 13.1. The summed E-state index contributed by atoms with van der Waals surface area (Å²) in [5, 5.41) is 0.678. The Morgan fingerprint density at radius 1 is 1.21 bits per heavy atom. The topological polar surface area (TPSA) is 64.9 Å². The Balaban J connectivity index is 2.01. The highest BCUT2D eigenvalue weighted by Gasteiger charge is 2.16. The van der Waals surface area contributed by atoms with Gasteiger partial charge in [-0.05, 0) is 36.8 Å². The van der Waals surface area contributed by atoms with Crippen LogP contribution in [0, 0.1) is 12.7 Å². The van der Waals surface area contributed by atoms with Gasteiger partial charge >= 0.3 is 0 Å². The van der Waals surface area contributed by atoms with Crippen molar-refractivity contribution in [3.8, 4) is 0 Å². The lowest BCUT2D eigenvalue weighted by Gasteiger charge is -2.06. The number of hydrogen-bond acceptors (Lipinski definition) is 4. The van der Waals surface area contributed by atoms with Gasteiger partial charge in [0, 0.05) is 17.8 Å². The molecule has 19 heavy (non-hydrogen) atoms. The molecule has 0 fully saturated rings. The summed E-state index contributed by atoms with van der Waals surface area (Å²) in [5.41, 5.74) is 7.61. The summed E-state index contributed by atoms with van der Waals surface area (Å²) in [6, 6.07) is 5.49. The van der Waals surface area contributed by atoms with E-state index in [4.69, 9.17) is 10.2 Å². The molecule has 4 nitrogen and oxygen atoms in total. The predicted molar refractivity (Wildman–Crippen MR) is 69.0 cm³/mol. The fourth-order valence-corrected chi connectivity index (χ4v) is 1.88. The third-order valence-corrected chi connectivity index (χ3v) is 2.88. The molecule has 2 N–H and O–H groups in total. The van der Waals surface area contributed by atoms with Crippen LogP contribution in [0.3, 0.4) is 0 Å². The minimum atomic E-state index is -0.559. The third-order valence-electron chi connectivity index (χ3n) is 2.88. The number of halogens is 1. The fourth-order valence-electron chi connectivity index (χ4n) is 1.88. The van der Waals surface area contributed by atoms with Crippen LogP contribution in [0.1, 0.15) is 23.2 Å². The van der Waals surface area contributed by atoms with E-state index in [1.165, 1.54) is 12.1 Å². The van der Waals surface area contributed by atoms with Crippen LogP contribution in [0.5, 0.6) is 0 Å². The van der Waals surface area contributed by atoms with Crippen molar-refractivity contribution in [1.29, 1.82) is 0 Å². The lowest BCUT2D eigenvalue weighted by molar-refractivity contribution is 0.514. The Hall–Kier alpha value is -2.27. The SMILES string of the molecule is Cc1cnc(C(N)c2cc3cc(F)ccc3o2)nc1. The molecule has 5 heteroatoms. The monoisotopic (exact) mass is 257 g/mol. The van der Waals surface area contributed by atoms with Gasteiger partial charge in [-0.1, -0.05) is 0 Å². The summed E-state index contributed by atoms with van der Waals surface area (Å²) in [7, 11) is 0. The van der Waals surface area contributed by atoms with Crippen LogP contribution in [0.25, 0.3) is 11.0 Å². The lowest BCUT2D eigenvalue weighted by Crippen LogP contribution is -2.14. The van der Waals surface area contributed by atoms with Gasteiger partial charge in [-0.3, -0.25) is 0 Å². The first-order valence-electron chi connectivity index (χ1n) is 5.86. The number of aromatic nitrogens is 2. The van der Waals surface area contributed by atoms with Gasteiger partial charge < -0.3 is 10.2 Å². The first kappa shape index (κ1) is 11.8. The van der Waals surface area contributed by atoms with Crippen molar-refractivity contribution in [3.63, 3.8) is 0 Å². The van der Waals surface area contributed by atoms with Gasteiger partial charge in [-0.2, -0.15) is 0 Å². The second kappa shape index (κ2) is 4.44. The standard InChI is InChI=1S/C14H12FN3O/c1-8-6-17-14(18-7-8)13(16)12-5-9-4-10(15)2-3-11(9)19-12/h2-7,13H,16H2,1H3. The van der Waals surface area contributed by atoms with E-state index in [1.807, 2.05) is 6.92 Å². The van der Waals surface area contributed by atoms with Crippen LogP contribution < -0.4 is 5.73 Å². The maximum Gasteiger partial charge on any atom is 0.152 e. The number of nitrogens with zero attached hydrogens (tertiary/aromatic N) is 2. The fraction of sp³-hybridized carbons (Fsp3) is 0.143. The Labute approximate surface area is 109 Å². The van der Waals surface area contributed by atoms with Crippen LogP contribution in [0.4, 0.5) is 4.39 Å². The molecule has 0 saturated heterocycles. The number of fused-ring (bicyclic) bond motifs is 1. The van der Waals surface area contributed by atoms with Crippen molar-refractivity contribution < 1.29 is 8.81 Å². The summed E-state index contributed by atoms with van der Waals surface area (Å²) >= 11 is 0. The second-order valence-corrected chi connectivity index (χ2v) is 4.43. The van der Waals surface area contributed by atoms with E-state index >= 15 is 0 Å². The van der Waals surface area contributed by atoms with Crippen LogP contribution >= 0.6 is 0 Å². The van der Waals surface area contributed by atoms with E-state index in [2.05, 4.69) is 9.97 Å². The largest absolute Gasteiger partial charge is 0.459 e. The van der Waals surface area contributed by atoms with Crippen molar-refractivity contribution >= 4 is 11.0 Å². The molecule has 2 heterocycles. The summed E-state index contributed by atoms with van der Waals surface area (Å²) in [6.07, 6.45) is 3.40. The Morgan fingerprint density at radius 2 is 1.95 bits per heavy atom. The highest BCUT2D eigenvalue weighted by atomic mass is 19.1. The number of hydrogen-bond donors (Lipinski definition) is 1. The molecule has 2 aromatic heterocycles. The van der Waals surface area contributed by atoms with Crippen LogP contribution in [-0.4, -0.2) is 9.97 Å². The van der Waals surface area contributed by atoms with E-state index in [0.717, 1.165) is 5.56 Å². The second-order valence-electron chi connectivity index (χ2n) is 4.43. The van der Waals surface area contributed by atoms with Crippen molar-refractivity contribution in [2.75, 3.05) is 0 Å². The van der Waals surface area contributed by atoms with Gasteiger partial charge in [0.25, 0.3) is 0 Å². The number of benzene rings is 1. The molecule has 0 saturated carbocycles. The first-order valence-corrected chi connectivity index (χ1v) is 5.86. The minimum absolute atomic E-state index is 0.306. The van der Waals surface area contributed by atoms with Crippen molar-refractivity contribution in [2.24, 2.45) is 5.73 Å². The molecule has 1 unspecified atom stereocenters. The summed E-state index contributed by atoms with van der Waals surface area (Å²) in [6.45, 7) is 1.90. The van der Waals surface area contributed by atoms with E-state index in [-0.39, 0.29) is 5.82 Å². The van der Waals surface area contributed by atoms with Gasteiger partial charge in [-0.15, -0.1) is 0 Å². The van der Waals surface area contributed by atoms with E-state index in [1.54, 1.807) is 24.5 Å².